The summed E-state index contributed by atoms with van der Waals surface area (Å²) in [6, 6.07) is 10.1. The van der Waals surface area contributed by atoms with Crippen molar-refractivity contribution in [2.45, 2.75) is 18.4 Å². The van der Waals surface area contributed by atoms with Crippen LogP contribution in [-0.2, 0) is 6.42 Å². The van der Waals surface area contributed by atoms with Crippen molar-refractivity contribution < 1.29 is 9.15 Å². The summed E-state index contributed by atoms with van der Waals surface area (Å²) in [6.45, 7) is 0.679. The fraction of sp³-hybridized carbons (Fsp3) is 0.286. The van der Waals surface area contributed by atoms with Crippen LogP contribution < -0.4 is 10.5 Å². The van der Waals surface area contributed by atoms with E-state index in [1.165, 1.54) is 5.56 Å². The molecule has 2 unspecified atom stereocenters. The molecule has 2 N–H and O–H groups in total. The van der Waals surface area contributed by atoms with Crippen LogP contribution in [0.2, 0.25) is 0 Å². The van der Waals surface area contributed by atoms with Crippen LogP contribution in [0.4, 0.5) is 0 Å². The molecule has 2 aromatic rings. The van der Waals surface area contributed by atoms with Gasteiger partial charge in [-0.1, -0.05) is 18.2 Å². The van der Waals surface area contributed by atoms with E-state index in [1.54, 1.807) is 12.5 Å². The molecule has 3 rings (SSSR count). The normalized spacial score (nSPS) is 19.7. The van der Waals surface area contributed by atoms with Gasteiger partial charge in [-0.25, -0.2) is 0 Å². The number of nitrogens with two attached hydrogens (primary N) is 1. The summed E-state index contributed by atoms with van der Waals surface area (Å²) < 4.78 is 10.7. The van der Waals surface area contributed by atoms with Crippen LogP contribution in [0.15, 0.2) is 47.3 Å². The maximum absolute atomic E-state index is 6.26. The number of benzene rings is 1. The van der Waals surface area contributed by atoms with Crippen LogP contribution in [0.3, 0.4) is 0 Å². The second-order valence-corrected chi connectivity index (χ2v) is 4.45. The zero-order chi connectivity index (χ0) is 11.7. The number of furan rings is 1. The quantitative estimate of drug-likeness (QED) is 0.878. The van der Waals surface area contributed by atoms with E-state index >= 15 is 0 Å². The van der Waals surface area contributed by atoms with E-state index in [0.717, 1.165) is 17.7 Å². The monoisotopic (exact) mass is 229 g/mol. The predicted molar refractivity (Wildman–Crippen MR) is 65.1 cm³/mol. The SMILES string of the molecule is NC(Cc1ccoc1)C1COc2ccccc21. The zero-order valence-corrected chi connectivity index (χ0v) is 9.50. The molecule has 2 heterocycles. The summed E-state index contributed by atoms with van der Waals surface area (Å²) in [6.07, 6.45) is 4.25. The molecule has 1 aliphatic heterocycles. The number of fused-ring (bicyclic) bond motifs is 1. The molecule has 3 heteroatoms. The molecule has 3 nitrogen and oxygen atoms in total. The topological polar surface area (TPSA) is 48.4 Å². The molecule has 17 heavy (non-hydrogen) atoms. The van der Waals surface area contributed by atoms with Crippen molar-refractivity contribution >= 4 is 0 Å². The first-order chi connectivity index (χ1) is 8.34. The third kappa shape index (κ3) is 1.94. The fourth-order valence-corrected chi connectivity index (χ4v) is 2.37. The first kappa shape index (κ1) is 10.4. The molecule has 0 aliphatic carbocycles. The van der Waals surface area contributed by atoms with Gasteiger partial charge in [0.05, 0.1) is 19.1 Å². The lowest BCUT2D eigenvalue weighted by Gasteiger charge is -2.17. The lowest BCUT2D eigenvalue weighted by molar-refractivity contribution is 0.313. The average Bonchev–Trinajstić information content (AvgIpc) is 2.96. The number of hydrogen-bond acceptors (Lipinski definition) is 3. The summed E-state index contributed by atoms with van der Waals surface area (Å²) >= 11 is 0. The van der Waals surface area contributed by atoms with Crippen molar-refractivity contribution in [2.24, 2.45) is 5.73 Å². The Balaban J connectivity index is 1.78. The van der Waals surface area contributed by atoms with Crippen LogP contribution in [0.5, 0.6) is 5.75 Å². The Morgan fingerprint density at radius 1 is 1.29 bits per heavy atom. The van der Waals surface area contributed by atoms with Gasteiger partial charge in [0.15, 0.2) is 0 Å². The highest BCUT2D eigenvalue weighted by Crippen LogP contribution is 2.35. The van der Waals surface area contributed by atoms with Gasteiger partial charge in [0.25, 0.3) is 0 Å². The molecule has 0 amide bonds. The second kappa shape index (κ2) is 4.26. The Bertz CT molecular complexity index is 493. The molecular weight excluding hydrogens is 214 g/mol. The van der Waals surface area contributed by atoms with Crippen LogP contribution in [-0.4, -0.2) is 12.6 Å². The number of hydrogen-bond donors (Lipinski definition) is 1. The van der Waals surface area contributed by atoms with E-state index in [9.17, 15) is 0 Å². The Morgan fingerprint density at radius 3 is 3.00 bits per heavy atom. The molecule has 0 saturated carbocycles. The highest BCUT2D eigenvalue weighted by molar-refractivity contribution is 5.40. The first-order valence-electron chi connectivity index (χ1n) is 5.83. The Morgan fingerprint density at radius 2 is 2.18 bits per heavy atom. The number of para-hydroxylation sites is 1. The summed E-state index contributed by atoms with van der Waals surface area (Å²) in [7, 11) is 0. The molecular formula is C14H15NO2. The highest BCUT2D eigenvalue weighted by Gasteiger charge is 2.29. The highest BCUT2D eigenvalue weighted by atomic mass is 16.5. The first-order valence-corrected chi connectivity index (χ1v) is 5.83. The van der Waals surface area contributed by atoms with Gasteiger partial charge in [-0.3, -0.25) is 0 Å². The molecule has 0 bridgehead atoms. The number of rotatable bonds is 3. The Labute approximate surface area is 100 Å². The minimum atomic E-state index is 0.0660. The maximum atomic E-state index is 6.26. The average molecular weight is 229 g/mol. The Kier molecular flexibility index (Phi) is 2.61. The largest absolute Gasteiger partial charge is 0.493 e. The molecule has 2 atom stereocenters. The van der Waals surface area contributed by atoms with Crippen molar-refractivity contribution in [3.8, 4) is 5.75 Å². The maximum Gasteiger partial charge on any atom is 0.122 e. The number of ether oxygens (including phenoxy) is 1. The summed E-state index contributed by atoms with van der Waals surface area (Å²) in [5.41, 5.74) is 8.63. The lowest BCUT2D eigenvalue weighted by atomic mass is 9.90. The van der Waals surface area contributed by atoms with E-state index in [-0.39, 0.29) is 12.0 Å². The molecule has 0 spiro atoms. The van der Waals surface area contributed by atoms with Crippen molar-refractivity contribution in [2.75, 3.05) is 6.61 Å². The van der Waals surface area contributed by atoms with E-state index in [2.05, 4.69) is 6.07 Å². The van der Waals surface area contributed by atoms with Crippen LogP contribution in [0.1, 0.15) is 17.0 Å². The van der Waals surface area contributed by atoms with Gasteiger partial charge in [0.2, 0.25) is 0 Å². The van der Waals surface area contributed by atoms with E-state index < -0.39 is 0 Å². The molecule has 1 aromatic carbocycles. The van der Waals surface area contributed by atoms with E-state index in [0.29, 0.717) is 6.61 Å². The summed E-state index contributed by atoms with van der Waals surface area (Å²) in [5, 5.41) is 0. The van der Waals surface area contributed by atoms with E-state index in [4.69, 9.17) is 14.9 Å². The fourth-order valence-electron chi connectivity index (χ4n) is 2.37. The van der Waals surface area contributed by atoms with Crippen molar-refractivity contribution in [1.29, 1.82) is 0 Å². The van der Waals surface area contributed by atoms with Gasteiger partial charge >= 0.3 is 0 Å². The zero-order valence-electron chi connectivity index (χ0n) is 9.50. The molecule has 1 aromatic heterocycles. The summed E-state index contributed by atoms with van der Waals surface area (Å²) in [5.74, 6) is 1.25. The van der Waals surface area contributed by atoms with Crippen LogP contribution >= 0.6 is 0 Å². The standard InChI is InChI=1S/C14H15NO2/c15-13(7-10-5-6-16-8-10)12-9-17-14-4-2-1-3-11(12)14/h1-6,8,12-13H,7,9,15H2. The van der Waals surface area contributed by atoms with Crippen LogP contribution in [0.25, 0.3) is 0 Å². The van der Waals surface area contributed by atoms with Gasteiger partial charge < -0.3 is 14.9 Å². The van der Waals surface area contributed by atoms with Gasteiger partial charge in [-0.15, -0.1) is 0 Å². The van der Waals surface area contributed by atoms with Gasteiger partial charge in [0.1, 0.15) is 5.75 Å². The van der Waals surface area contributed by atoms with Gasteiger partial charge in [-0.05, 0) is 24.1 Å². The summed E-state index contributed by atoms with van der Waals surface area (Å²) in [4.78, 5) is 0. The third-order valence-corrected chi connectivity index (χ3v) is 3.31. The van der Waals surface area contributed by atoms with Crippen molar-refractivity contribution in [1.82, 2.24) is 0 Å². The molecule has 0 radical (unpaired) electrons. The van der Waals surface area contributed by atoms with Crippen molar-refractivity contribution in [3.63, 3.8) is 0 Å². The minimum Gasteiger partial charge on any atom is -0.493 e. The smallest absolute Gasteiger partial charge is 0.122 e. The van der Waals surface area contributed by atoms with Crippen molar-refractivity contribution in [3.05, 3.63) is 54.0 Å². The van der Waals surface area contributed by atoms with E-state index in [1.807, 2.05) is 24.3 Å². The molecule has 0 saturated heterocycles. The lowest BCUT2D eigenvalue weighted by Crippen LogP contribution is -2.31. The third-order valence-electron chi connectivity index (χ3n) is 3.31. The second-order valence-electron chi connectivity index (χ2n) is 4.45. The minimum absolute atomic E-state index is 0.0660. The molecule has 88 valence electrons. The van der Waals surface area contributed by atoms with Crippen LogP contribution in [0, 0.1) is 0 Å². The van der Waals surface area contributed by atoms with Gasteiger partial charge in [-0.2, -0.15) is 0 Å². The predicted octanol–water partition coefficient (Wildman–Crippen LogP) is 2.33. The van der Waals surface area contributed by atoms with Gasteiger partial charge in [0, 0.05) is 17.5 Å². The Hall–Kier alpha value is -1.74. The molecule has 1 aliphatic rings. The molecule has 0 fully saturated rings.